The van der Waals surface area contributed by atoms with Gasteiger partial charge in [0.05, 0.1) is 5.41 Å². The number of amides is 4. The van der Waals surface area contributed by atoms with Crippen molar-refractivity contribution < 1.29 is 19.2 Å². The fourth-order valence-electron chi connectivity index (χ4n) is 4.32. The molecule has 0 saturated carbocycles. The molecule has 31 heavy (non-hydrogen) atoms. The van der Waals surface area contributed by atoms with Crippen LogP contribution in [-0.2, 0) is 14.4 Å². The van der Waals surface area contributed by atoms with Crippen LogP contribution in [0.25, 0.3) is 0 Å². The standard InChI is InChI=1S/C23H32N4O4/c24-13-5-3-1-2-4-9-19(28)25-18-8-6-7-17(15-18)21(30)27-14-12-23(16-27)11-10-20(29)26-22(23)31/h6-8,15H,1-5,9-14,16,24H2,(H,25,28)(H,26,29,31). The van der Waals surface area contributed by atoms with E-state index in [2.05, 4.69) is 10.6 Å². The van der Waals surface area contributed by atoms with Gasteiger partial charge in [-0.05, 0) is 50.4 Å². The number of nitrogens with one attached hydrogen (secondary N) is 2. The predicted octanol–water partition coefficient (Wildman–Crippen LogP) is 2.19. The number of unbranched alkanes of at least 4 members (excludes halogenated alkanes) is 4. The molecule has 4 amide bonds. The average Bonchev–Trinajstić information content (AvgIpc) is 3.19. The van der Waals surface area contributed by atoms with Gasteiger partial charge in [0.1, 0.15) is 0 Å². The third-order valence-corrected chi connectivity index (χ3v) is 6.21. The van der Waals surface area contributed by atoms with E-state index in [1.165, 1.54) is 0 Å². The second kappa shape index (κ2) is 10.5. The lowest BCUT2D eigenvalue weighted by molar-refractivity contribution is -0.141. The normalized spacial score (nSPS) is 20.7. The summed E-state index contributed by atoms with van der Waals surface area (Å²) in [5, 5.41) is 5.27. The fraction of sp³-hybridized carbons (Fsp3) is 0.565. The van der Waals surface area contributed by atoms with Crippen LogP contribution < -0.4 is 16.4 Å². The van der Waals surface area contributed by atoms with Crippen molar-refractivity contribution in [3.05, 3.63) is 29.8 Å². The maximum Gasteiger partial charge on any atom is 0.253 e. The van der Waals surface area contributed by atoms with E-state index in [1.807, 2.05) is 0 Å². The van der Waals surface area contributed by atoms with Crippen LogP contribution in [0.2, 0.25) is 0 Å². The van der Waals surface area contributed by atoms with Crippen LogP contribution in [0.15, 0.2) is 24.3 Å². The van der Waals surface area contributed by atoms with Gasteiger partial charge in [0.15, 0.2) is 0 Å². The van der Waals surface area contributed by atoms with Gasteiger partial charge in [0.25, 0.3) is 5.91 Å². The van der Waals surface area contributed by atoms with Crippen LogP contribution in [-0.4, -0.2) is 48.2 Å². The largest absolute Gasteiger partial charge is 0.338 e. The van der Waals surface area contributed by atoms with Crippen molar-refractivity contribution >= 4 is 29.3 Å². The van der Waals surface area contributed by atoms with Crippen LogP contribution in [0.1, 0.15) is 68.1 Å². The molecule has 1 atom stereocenters. The Morgan fingerprint density at radius 3 is 2.65 bits per heavy atom. The molecule has 2 heterocycles. The Kier molecular flexibility index (Phi) is 7.79. The lowest BCUT2D eigenvalue weighted by atomic mass is 9.79. The van der Waals surface area contributed by atoms with E-state index in [1.54, 1.807) is 29.2 Å². The van der Waals surface area contributed by atoms with Gasteiger partial charge >= 0.3 is 0 Å². The van der Waals surface area contributed by atoms with E-state index in [9.17, 15) is 19.2 Å². The molecule has 0 bridgehead atoms. The number of piperidine rings is 1. The number of anilines is 1. The van der Waals surface area contributed by atoms with E-state index in [0.29, 0.717) is 56.6 Å². The fourth-order valence-corrected chi connectivity index (χ4v) is 4.32. The molecule has 3 rings (SSSR count). The Bertz CT molecular complexity index is 841. The molecule has 0 aliphatic carbocycles. The predicted molar refractivity (Wildman–Crippen MR) is 117 cm³/mol. The number of carbonyl (C=O) groups is 4. The van der Waals surface area contributed by atoms with E-state index in [-0.39, 0.29) is 23.6 Å². The Morgan fingerprint density at radius 1 is 1.10 bits per heavy atom. The number of carbonyl (C=O) groups excluding carboxylic acids is 4. The van der Waals surface area contributed by atoms with Gasteiger partial charge in [0.2, 0.25) is 17.7 Å². The molecule has 1 spiro atoms. The second-order valence-corrected chi connectivity index (χ2v) is 8.57. The van der Waals surface area contributed by atoms with E-state index in [0.717, 1.165) is 32.1 Å². The molecule has 2 aliphatic heterocycles. The average molecular weight is 429 g/mol. The highest BCUT2D eigenvalue weighted by molar-refractivity contribution is 6.02. The maximum atomic E-state index is 13.0. The lowest BCUT2D eigenvalue weighted by Crippen LogP contribution is -2.50. The maximum absolute atomic E-state index is 13.0. The van der Waals surface area contributed by atoms with Gasteiger partial charge in [-0.15, -0.1) is 0 Å². The second-order valence-electron chi connectivity index (χ2n) is 8.57. The van der Waals surface area contributed by atoms with Crippen LogP contribution in [0.4, 0.5) is 5.69 Å². The summed E-state index contributed by atoms with van der Waals surface area (Å²) < 4.78 is 0. The summed E-state index contributed by atoms with van der Waals surface area (Å²) in [5.41, 5.74) is 5.88. The van der Waals surface area contributed by atoms with E-state index in [4.69, 9.17) is 5.73 Å². The molecule has 1 unspecified atom stereocenters. The van der Waals surface area contributed by atoms with Crippen molar-refractivity contribution in [3.63, 3.8) is 0 Å². The van der Waals surface area contributed by atoms with E-state index >= 15 is 0 Å². The summed E-state index contributed by atoms with van der Waals surface area (Å²) in [7, 11) is 0. The highest BCUT2D eigenvalue weighted by Gasteiger charge is 2.48. The minimum Gasteiger partial charge on any atom is -0.338 e. The molecule has 168 valence electrons. The molecule has 2 fully saturated rings. The topological polar surface area (TPSA) is 122 Å². The summed E-state index contributed by atoms with van der Waals surface area (Å²) in [6.45, 7) is 1.49. The zero-order chi connectivity index (χ0) is 22.3. The first kappa shape index (κ1) is 22.9. The number of rotatable bonds is 9. The van der Waals surface area contributed by atoms with Crippen molar-refractivity contribution in [1.82, 2.24) is 10.2 Å². The Labute approximate surface area is 182 Å². The molecule has 8 nitrogen and oxygen atoms in total. The number of imide groups is 1. The molecular weight excluding hydrogens is 396 g/mol. The van der Waals surface area contributed by atoms with Gasteiger partial charge in [-0.2, -0.15) is 0 Å². The first-order valence-electron chi connectivity index (χ1n) is 11.2. The molecule has 2 saturated heterocycles. The molecule has 2 aliphatic rings. The third-order valence-electron chi connectivity index (χ3n) is 6.21. The highest BCUT2D eigenvalue weighted by Crippen LogP contribution is 2.38. The minimum atomic E-state index is -0.667. The number of nitrogens with two attached hydrogens (primary N) is 1. The van der Waals surface area contributed by atoms with Crippen LogP contribution in [0.5, 0.6) is 0 Å². The molecule has 1 aromatic rings. The summed E-state index contributed by atoms with van der Waals surface area (Å²) in [4.78, 5) is 50.6. The quantitative estimate of drug-likeness (QED) is 0.411. The molecule has 8 heteroatoms. The van der Waals surface area contributed by atoms with Gasteiger partial charge in [-0.3, -0.25) is 24.5 Å². The van der Waals surface area contributed by atoms with Gasteiger partial charge in [-0.25, -0.2) is 0 Å². The first-order valence-corrected chi connectivity index (χ1v) is 11.2. The van der Waals surface area contributed by atoms with Crippen LogP contribution in [0, 0.1) is 5.41 Å². The Hall–Kier alpha value is -2.74. The number of hydrogen-bond donors (Lipinski definition) is 3. The van der Waals surface area contributed by atoms with Gasteiger partial charge < -0.3 is 16.0 Å². The molecular formula is C23H32N4O4. The van der Waals surface area contributed by atoms with Crippen molar-refractivity contribution in [2.45, 2.75) is 57.8 Å². The number of nitrogens with zero attached hydrogens (tertiary/aromatic N) is 1. The minimum absolute atomic E-state index is 0.0629. The number of hydrogen-bond acceptors (Lipinski definition) is 5. The number of benzene rings is 1. The Balaban J connectivity index is 1.52. The zero-order valence-corrected chi connectivity index (χ0v) is 18.0. The molecule has 0 aromatic heterocycles. The monoisotopic (exact) mass is 428 g/mol. The van der Waals surface area contributed by atoms with E-state index < -0.39 is 5.41 Å². The van der Waals surface area contributed by atoms with Crippen molar-refractivity contribution in [2.24, 2.45) is 11.1 Å². The van der Waals surface area contributed by atoms with Gasteiger partial charge in [-0.1, -0.05) is 25.3 Å². The molecule has 4 N–H and O–H groups in total. The first-order chi connectivity index (χ1) is 14.9. The van der Waals surface area contributed by atoms with Crippen LogP contribution >= 0.6 is 0 Å². The van der Waals surface area contributed by atoms with Crippen molar-refractivity contribution in [1.29, 1.82) is 0 Å². The molecule has 1 aromatic carbocycles. The van der Waals surface area contributed by atoms with Crippen LogP contribution in [0.3, 0.4) is 0 Å². The summed E-state index contributed by atoms with van der Waals surface area (Å²) in [5.74, 6) is -0.757. The summed E-state index contributed by atoms with van der Waals surface area (Å²) in [6, 6.07) is 6.90. The SMILES string of the molecule is NCCCCCCCC(=O)Nc1cccc(C(=O)N2CCC3(CCC(=O)NC3=O)C2)c1. The smallest absolute Gasteiger partial charge is 0.253 e. The molecule has 0 radical (unpaired) electrons. The van der Waals surface area contributed by atoms with Crippen molar-refractivity contribution in [3.8, 4) is 0 Å². The third kappa shape index (κ3) is 5.91. The Morgan fingerprint density at radius 2 is 1.87 bits per heavy atom. The summed E-state index contributed by atoms with van der Waals surface area (Å²) >= 11 is 0. The number of likely N-dealkylation sites (tertiary alicyclic amines) is 1. The highest BCUT2D eigenvalue weighted by atomic mass is 16.2. The van der Waals surface area contributed by atoms with Crippen molar-refractivity contribution in [2.75, 3.05) is 25.0 Å². The lowest BCUT2D eigenvalue weighted by Gasteiger charge is -2.31. The zero-order valence-electron chi connectivity index (χ0n) is 18.0. The van der Waals surface area contributed by atoms with Gasteiger partial charge in [0, 0.05) is 37.2 Å². The summed E-state index contributed by atoms with van der Waals surface area (Å²) in [6.07, 6.45) is 6.82.